The number of benzene rings is 2. The van der Waals surface area contributed by atoms with Gasteiger partial charge in [-0.25, -0.2) is 0 Å². The minimum Gasteiger partial charge on any atom is -0.387 e. The molecule has 2 aromatic rings. The molecule has 3 nitrogen and oxygen atoms in total. The van der Waals surface area contributed by atoms with Crippen LogP contribution in [0, 0.1) is 0 Å². The highest BCUT2D eigenvalue weighted by Gasteiger charge is 2.14. The average molecular weight is 389 g/mol. The Labute approximate surface area is 169 Å². The smallest absolute Gasteiger partial charge is 0.0917 e. The van der Waals surface area contributed by atoms with Gasteiger partial charge >= 0.3 is 0 Å². The average Bonchev–Trinajstić information content (AvgIpc) is 2.68. The summed E-state index contributed by atoms with van der Waals surface area (Å²) in [5.74, 6) is 0. The number of anilines is 1. The zero-order chi connectivity index (χ0) is 19.6. The van der Waals surface area contributed by atoms with E-state index in [2.05, 4.69) is 54.8 Å². The molecule has 4 heteroatoms. The molecule has 148 valence electrons. The summed E-state index contributed by atoms with van der Waals surface area (Å²) in [6.07, 6.45) is 1.77. The van der Waals surface area contributed by atoms with Crippen LogP contribution in [0.5, 0.6) is 0 Å². The van der Waals surface area contributed by atoms with E-state index in [0.717, 1.165) is 44.6 Å². The Hall–Kier alpha value is -1.55. The fourth-order valence-corrected chi connectivity index (χ4v) is 3.44. The molecule has 0 amide bonds. The Morgan fingerprint density at radius 3 is 2.11 bits per heavy atom. The first kappa shape index (κ1) is 21.7. The molecule has 1 atom stereocenters. The van der Waals surface area contributed by atoms with Gasteiger partial charge in [-0.1, -0.05) is 49.2 Å². The second-order valence-electron chi connectivity index (χ2n) is 6.99. The summed E-state index contributed by atoms with van der Waals surface area (Å²) in [5.41, 5.74) is 3.47. The van der Waals surface area contributed by atoms with Gasteiger partial charge in [0, 0.05) is 36.9 Å². The maximum Gasteiger partial charge on any atom is 0.0917 e. The number of rotatable bonds is 11. The van der Waals surface area contributed by atoms with E-state index in [1.54, 1.807) is 0 Å². The van der Waals surface area contributed by atoms with Gasteiger partial charge in [0.1, 0.15) is 0 Å². The minimum absolute atomic E-state index is 0.505. The molecule has 0 spiro atoms. The number of nitrogens with zero attached hydrogens (tertiary/aromatic N) is 2. The summed E-state index contributed by atoms with van der Waals surface area (Å²) < 4.78 is 0. The topological polar surface area (TPSA) is 26.7 Å². The third-order valence-corrected chi connectivity index (χ3v) is 5.24. The Morgan fingerprint density at radius 1 is 0.926 bits per heavy atom. The molecule has 0 saturated carbocycles. The van der Waals surface area contributed by atoms with Gasteiger partial charge in [-0.3, -0.25) is 4.90 Å². The van der Waals surface area contributed by atoms with Gasteiger partial charge in [-0.15, -0.1) is 0 Å². The van der Waals surface area contributed by atoms with Crippen molar-refractivity contribution in [3.8, 4) is 0 Å². The molecular formula is C23H33ClN2O. The molecule has 1 N–H and O–H groups in total. The van der Waals surface area contributed by atoms with Gasteiger partial charge in [0.25, 0.3) is 0 Å². The Bertz CT molecular complexity index is 653. The highest BCUT2D eigenvalue weighted by molar-refractivity contribution is 6.30. The quantitative estimate of drug-likeness (QED) is 0.548. The molecule has 0 saturated heterocycles. The summed E-state index contributed by atoms with van der Waals surface area (Å²) in [5, 5.41) is 11.3. The summed E-state index contributed by atoms with van der Waals surface area (Å²) in [4.78, 5) is 4.69. The van der Waals surface area contributed by atoms with Crippen molar-refractivity contribution in [2.45, 2.75) is 46.3 Å². The van der Waals surface area contributed by atoms with Crippen LogP contribution in [0.4, 0.5) is 5.69 Å². The molecule has 0 heterocycles. The van der Waals surface area contributed by atoms with Crippen molar-refractivity contribution in [3.63, 3.8) is 0 Å². The van der Waals surface area contributed by atoms with Gasteiger partial charge in [0.05, 0.1) is 6.10 Å². The molecule has 0 aliphatic carbocycles. The molecule has 0 aromatic heterocycles. The van der Waals surface area contributed by atoms with Crippen molar-refractivity contribution in [3.05, 3.63) is 64.7 Å². The van der Waals surface area contributed by atoms with Crippen LogP contribution in [0.1, 0.15) is 50.8 Å². The van der Waals surface area contributed by atoms with Crippen molar-refractivity contribution >= 4 is 17.3 Å². The first-order chi connectivity index (χ1) is 13.1. The molecule has 2 aromatic carbocycles. The van der Waals surface area contributed by atoms with E-state index in [1.165, 1.54) is 11.3 Å². The van der Waals surface area contributed by atoms with Gasteiger partial charge in [0.2, 0.25) is 0 Å². The molecule has 0 bridgehead atoms. The van der Waals surface area contributed by atoms with Crippen LogP contribution in [-0.4, -0.2) is 36.2 Å². The number of unbranched alkanes of at least 4 members (excludes halogenated alkanes) is 1. The first-order valence-electron chi connectivity index (χ1n) is 10.1. The lowest BCUT2D eigenvalue weighted by atomic mass is 10.1. The Kier molecular flexibility index (Phi) is 9.12. The van der Waals surface area contributed by atoms with Crippen molar-refractivity contribution in [1.29, 1.82) is 0 Å². The fourth-order valence-electron chi connectivity index (χ4n) is 3.31. The van der Waals surface area contributed by atoms with E-state index < -0.39 is 6.10 Å². The van der Waals surface area contributed by atoms with E-state index in [-0.39, 0.29) is 0 Å². The van der Waals surface area contributed by atoms with Crippen molar-refractivity contribution in [2.75, 3.05) is 31.1 Å². The predicted molar refractivity (Wildman–Crippen MR) is 117 cm³/mol. The first-order valence-corrected chi connectivity index (χ1v) is 10.4. The van der Waals surface area contributed by atoms with Gasteiger partial charge in [-0.05, 0) is 62.2 Å². The summed E-state index contributed by atoms with van der Waals surface area (Å²) in [6.45, 7) is 11.1. The van der Waals surface area contributed by atoms with Crippen molar-refractivity contribution in [1.82, 2.24) is 4.90 Å². The third kappa shape index (κ3) is 6.84. The second-order valence-corrected chi connectivity index (χ2v) is 7.43. The summed E-state index contributed by atoms with van der Waals surface area (Å²) in [7, 11) is 0. The molecule has 0 aliphatic rings. The van der Waals surface area contributed by atoms with Crippen molar-refractivity contribution in [2.24, 2.45) is 0 Å². The largest absolute Gasteiger partial charge is 0.387 e. The van der Waals surface area contributed by atoms with E-state index >= 15 is 0 Å². The van der Waals surface area contributed by atoms with E-state index in [9.17, 15) is 5.11 Å². The predicted octanol–water partition coefficient (Wildman–Crippen LogP) is 5.52. The van der Waals surface area contributed by atoms with Gasteiger partial charge in [0.15, 0.2) is 0 Å². The number of halogens is 1. The zero-order valence-electron chi connectivity index (χ0n) is 16.9. The number of aliphatic hydroxyl groups is 1. The van der Waals surface area contributed by atoms with Crippen LogP contribution < -0.4 is 4.90 Å². The molecule has 1 unspecified atom stereocenters. The lowest BCUT2D eigenvalue weighted by Gasteiger charge is -2.26. The highest BCUT2D eigenvalue weighted by atomic mass is 35.5. The fraction of sp³-hybridized carbons (Fsp3) is 0.478. The lowest BCUT2D eigenvalue weighted by molar-refractivity contribution is 0.108. The molecule has 0 fully saturated rings. The van der Waals surface area contributed by atoms with E-state index in [1.807, 2.05) is 24.3 Å². The monoisotopic (exact) mass is 388 g/mol. The lowest BCUT2D eigenvalue weighted by Crippen LogP contribution is -2.29. The zero-order valence-corrected chi connectivity index (χ0v) is 17.6. The maximum atomic E-state index is 10.6. The molecular weight excluding hydrogens is 356 g/mol. The van der Waals surface area contributed by atoms with Crippen LogP contribution in [0.2, 0.25) is 5.02 Å². The van der Waals surface area contributed by atoms with Crippen LogP contribution in [0.3, 0.4) is 0 Å². The number of hydrogen-bond donors (Lipinski definition) is 1. The minimum atomic E-state index is -0.505. The number of aliphatic hydroxyl groups excluding tert-OH is 1. The van der Waals surface area contributed by atoms with E-state index in [0.29, 0.717) is 11.6 Å². The number of hydrogen-bond acceptors (Lipinski definition) is 3. The SMILES string of the molecule is CCCCN(Cc1ccc(N(CC)CC)cc1)CC(O)c1ccc(Cl)cc1. The van der Waals surface area contributed by atoms with Crippen LogP contribution in [0.15, 0.2) is 48.5 Å². The normalized spacial score (nSPS) is 12.4. The third-order valence-electron chi connectivity index (χ3n) is 4.98. The maximum absolute atomic E-state index is 10.6. The molecule has 0 aliphatic heterocycles. The molecule has 27 heavy (non-hydrogen) atoms. The van der Waals surface area contributed by atoms with Crippen LogP contribution in [-0.2, 0) is 6.54 Å². The second kappa shape index (κ2) is 11.3. The van der Waals surface area contributed by atoms with Crippen LogP contribution in [0.25, 0.3) is 0 Å². The summed E-state index contributed by atoms with van der Waals surface area (Å²) in [6, 6.07) is 16.3. The standard InChI is InChI=1S/C23H33ClN2O/c1-4-7-16-25(18-23(27)20-10-12-21(24)13-11-20)17-19-8-14-22(15-9-19)26(5-2)6-3/h8-15,23,27H,4-7,16-18H2,1-3H3. The van der Waals surface area contributed by atoms with Gasteiger partial charge < -0.3 is 10.0 Å². The Balaban J connectivity index is 2.03. The highest BCUT2D eigenvalue weighted by Crippen LogP contribution is 2.20. The van der Waals surface area contributed by atoms with E-state index in [4.69, 9.17) is 11.6 Å². The van der Waals surface area contributed by atoms with Crippen molar-refractivity contribution < 1.29 is 5.11 Å². The van der Waals surface area contributed by atoms with Crippen LogP contribution >= 0.6 is 11.6 Å². The molecule has 2 rings (SSSR count). The van der Waals surface area contributed by atoms with Gasteiger partial charge in [-0.2, -0.15) is 0 Å². The summed E-state index contributed by atoms with van der Waals surface area (Å²) >= 11 is 5.96. The molecule has 0 radical (unpaired) electrons. The Morgan fingerprint density at radius 2 is 1.56 bits per heavy atom.